The van der Waals surface area contributed by atoms with Crippen LogP contribution >= 0.6 is 0 Å². The zero-order valence-electron chi connectivity index (χ0n) is 19.3. The molecule has 0 spiro atoms. The maximum Gasteiger partial charge on any atom is 0.239 e. The predicted octanol–water partition coefficient (Wildman–Crippen LogP) is -1.26. The van der Waals surface area contributed by atoms with Gasteiger partial charge in [0.25, 0.3) is 0 Å². The Hall–Kier alpha value is -2.69. The van der Waals surface area contributed by atoms with E-state index in [2.05, 4.69) is 16.0 Å². The second kappa shape index (κ2) is 18.1. The van der Waals surface area contributed by atoms with E-state index in [0.717, 1.165) is 13.1 Å². The van der Waals surface area contributed by atoms with Crippen molar-refractivity contribution in [1.82, 2.24) is 20.9 Å². The highest BCUT2D eigenvalue weighted by Crippen LogP contribution is 2.06. The lowest BCUT2D eigenvalue weighted by atomic mass is 10.2. The van der Waals surface area contributed by atoms with Crippen molar-refractivity contribution in [1.29, 1.82) is 0 Å². The minimum Gasteiger partial charge on any atom is -0.395 e. The molecule has 0 atom stereocenters. The maximum absolute atomic E-state index is 11.0. The summed E-state index contributed by atoms with van der Waals surface area (Å²) in [7, 11) is 0. The molecule has 1 fully saturated rings. The molecule has 180 valence electrons. The van der Waals surface area contributed by atoms with Gasteiger partial charge in [-0.2, -0.15) is 0 Å². The van der Waals surface area contributed by atoms with Gasteiger partial charge >= 0.3 is 0 Å². The van der Waals surface area contributed by atoms with Gasteiger partial charge in [0.05, 0.1) is 19.7 Å². The first-order chi connectivity index (χ1) is 14.4. The van der Waals surface area contributed by atoms with E-state index in [-0.39, 0.29) is 61.7 Å². The van der Waals surface area contributed by atoms with E-state index in [4.69, 9.17) is 10.8 Å². The standard InChI is InChI=1S/C8H16N2O3.C6H12N2O2.C6H11NO/c1-6(2)8(13)10-5-7(12)9-3-4-11;1-4(2)6(10)8-3-5(7)9;1-6(8)7-4-2-3-5-7/h6,11H,3-5H2,1-2H3,(H,9,12)(H,10,13);4H,3H2,1-2H3,(H2,7,9)(H,8,10);2-5H2,1H3. The molecule has 6 N–H and O–H groups in total. The van der Waals surface area contributed by atoms with Crippen LogP contribution in [0.3, 0.4) is 0 Å². The summed E-state index contributed by atoms with van der Waals surface area (Å²) < 4.78 is 0. The zero-order valence-corrected chi connectivity index (χ0v) is 19.3. The van der Waals surface area contributed by atoms with Crippen molar-refractivity contribution in [3.63, 3.8) is 0 Å². The third-order valence-electron chi connectivity index (χ3n) is 3.89. The molecule has 0 unspecified atom stereocenters. The Morgan fingerprint density at radius 2 is 1.32 bits per heavy atom. The molecular weight excluding hydrogens is 406 g/mol. The van der Waals surface area contributed by atoms with Gasteiger partial charge in [0.2, 0.25) is 29.5 Å². The van der Waals surface area contributed by atoms with E-state index in [0.29, 0.717) is 0 Å². The Morgan fingerprint density at radius 3 is 1.65 bits per heavy atom. The molecule has 1 saturated heterocycles. The summed E-state index contributed by atoms with van der Waals surface area (Å²) in [6, 6.07) is 0. The molecule has 31 heavy (non-hydrogen) atoms. The van der Waals surface area contributed by atoms with Crippen LogP contribution in [-0.2, 0) is 24.0 Å². The zero-order chi connectivity index (χ0) is 24.4. The smallest absolute Gasteiger partial charge is 0.239 e. The summed E-state index contributed by atoms with van der Waals surface area (Å²) in [5, 5.41) is 15.6. The Bertz CT molecular complexity index is 574. The van der Waals surface area contributed by atoms with Crippen molar-refractivity contribution in [2.24, 2.45) is 17.6 Å². The Morgan fingerprint density at radius 1 is 0.871 bits per heavy atom. The second-order valence-corrected chi connectivity index (χ2v) is 7.50. The first-order valence-corrected chi connectivity index (χ1v) is 10.4. The number of aliphatic hydroxyl groups excluding tert-OH is 1. The van der Waals surface area contributed by atoms with Crippen LogP contribution in [0.15, 0.2) is 0 Å². The average molecular weight is 446 g/mol. The number of amides is 5. The third kappa shape index (κ3) is 19.0. The largest absolute Gasteiger partial charge is 0.395 e. The molecule has 0 aromatic heterocycles. The summed E-state index contributed by atoms with van der Waals surface area (Å²) in [6.07, 6.45) is 2.39. The number of hydrogen-bond acceptors (Lipinski definition) is 6. The summed E-state index contributed by atoms with van der Waals surface area (Å²) in [5.41, 5.74) is 4.79. The van der Waals surface area contributed by atoms with Crippen molar-refractivity contribution in [2.45, 2.75) is 47.5 Å². The van der Waals surface area contributed by atoms with Gasteiger partial charge in [0.15, 0.2) is 0 Å². The molecular formula is C20H39N5O6. The molecule has 0 aliphatic carbocycles. The van der Waals surface area contributed by atoms with E-state index in [1.165, 1.54) is 12.8 Å². The molecule has 0 aromatic carbocycles. The van der Waals surface area contributed by atoms with Gasteiger partial charge in [0, 0.05) is 38.4 Å². The van der Waals surface area contributed by atoms with E-state index >= 15 is 0 Å². The quantitative estimate of drug-likeness (QED) is 0.312. The molecule has 0 bridgehead atoms. The van der Waals surface area contributed by atoms with E-state index in [1.54, 1.807) is 34.6 Å². The Labute approximate surface area is 184 Å². The maximum atomic E-state index is 11.0. The summed E-state index contributed by atoms with van der Waals surface area (Å²) in [6.45, 7) is 10.6. The average Bonchev–Trinajstić information content (AvgIpc) is 3.24. The molecule has 0 saturated carbocycles. The van der Waals surface area contributed by atoms with Gasteiger partial charge in [-0.05, 0) is 12.8 Å². The van der Waals surface area contributed by atoms with Crippen molar-refractivity contribution >= 4 is 29.5 Å². The van der Waals surface area contributed by atoms with Crippen LogP contribution in [0.2, 0.25) is 0 Å². The molecule has 1 aliphatic rings. The van der Waals surface area contributed by atoms with Crippen LogP contribution in [0, 0.1) is 11.8 Å². The number of carbonyl (C=O) groups is 5. The molecule has 11 heteroatoms. The fourth-order valence-corrected chi connectivity index (χ4v) is 2.04. The molecule has 1 aliphatic heterocycles. The highest BCUT2D eigenvalue weighted by atomic mass is 16.3. The first kappa shape index (κ1) is 30.5. The Kier molecular flexibility index (Phi) is 17.8. The highest BCUT2D eigenvalue weighted by Gasteiger charge is 2.12. The molecule has 11 nitrogen and oxygen atoms in total. The van der Waals surface area contributed by atoms with E-state index < -0.39 is 5.91 Å². The third-order valence-corrected chi connectivity index (χ3v) is 3.89. The van der Waals surface area contributed by atoms with Crippen LogP contribution in [0.1, 0.15) is 47.5 Å². The number of hydrogen-bond donors (Lipinski definition) is 5. The van der Waals surface area contributed by atoms with Crippen molar-refractivity contribution < 1.29 is 29.1 Å². The van der Waals surface area contributed by atoms with E-state index in [9.17, 15) is 24.0 Å². The van der Waals surface area contributed by atoms with Crippen LogP contribution < -0.4 is 21.7 Å². The van der Waals surface area contributed by atoms with Gasteiger partial charge in [-0.1, -0.05) is 27.7 Å². The molecule has 0 radical (unpaired) electrons. The SMILES string of the molecule is CC(=O)N1CCCC1.CC(C)C(=O)NCC(=O)NCCO.CC(C)C(=O)NCC(N)=O. The summed E-state index contributed by atoms with van der Waals surface area (Å²) in [5.74, 6) is -1.11. The van der Waals surface area contributed by atoms with Crippen molar-refractivity contribution in [2.75, 3.05) is 39.3 Å². The topological polar surface area (TPSA) is 171 Å². The number of carbonyl (C=O) groups excluding carboxylic acids is 5. The molecule has 5 amide bonds. The number of aliphatic hydroxyl groups is 1. The van der Waals surface area contributed by atoms with E-state index in [1.807, 2.05) is 4.90 Å². The van der Waals surface area contributed by atoms with Gasteiger partial charge in [-0.15, -0.1) is 0 Å². The predicted molar refractivity (Wildman–Crippen MR) is 116 cm³/mol. The van der Waals surface area contributed by atoms with Crippen LogP contribution in [0.4, 0.5) is 0 Å². The summed E-state index contributed by atoms with van der Waals surface area (Å²) >= 11 is 0. The number of likely N-dealkylation sites (tertiary alicyclic amines) is 1. The fraction of sp³-hybridized carbons (Fsp3) is 0.750. The van der Waals surface area contributed by atoms with Crippen LogP contribution in [-0.4, -0.2) is 78.9 Å². The minimum atomic E-state index is -0.519. The van der Waals surface area contributed by atoms with Gasteiger partial charge < -0.3 is 31.7 Å². The normalized spacial score (nSPS) is 12.2. The number of rotatable bonds is 8. The first-order valence-electron chi connectivity index (χ1n) is 10.4. The summed E-state index contributed by atoms with van der Waals surface area (Å²) in [4.78, 5) is 55.2. The number of primary amides is 1. The van der Waals surface area contributed by atoms with Gasteiger partial charge in [0.1, 0.15) is 0 Å². The number of nitrogens with zero attached hydrogens (tertiary/aromatic N) is 1. The Balaban J connectivity index is 0. The lowest BCUT2D eigenvalue weighted by Crippen LogP contribution is -2.39. The highest BCUT2D eigenvalue weighted by molar-refractivity contribution is 5.85. The lowest BCUT2D eigenvalue weighted by Gasteiger charge is -2.10. The number of nitrogens with two attached hydrogens (primary N) is 1. The fourth-order valence-electron chi connectivity index (χ4n) is 2.04. The molecule has 0 aromatic rings. The van der Waals surface area contributed by atoms with Crippen LogP contribution in [0.5, 0.6) is 0 Å². The van der Waals surface area contributed by atoms with Crippen molar-refractivity contribution in [3.05, 3.63) is 0 Å². The molecule has 1 heterocycles. The number of nitrogens with one attached hydrogen (secondary N) is 3. The lowest BCUT2D eigenvalue weighted by molar-refractivity contribution is -0.128. The van der Waals surface area contributed by atoms with Gasteiger partial charge in [-0.3, -0.25) is 24.0 Å². The second-order valence-electron chi connectivity index (χ2n) is 7.50. The minimum absolute atomic E-state index is 0.0307. The van der Waals surface area contributed by atoms with Crippen LogP contribution in [0.25, 0.3) is 0 Å². The molecule has 1 rings (SSSR count). The monoisotopic (exact) mass is 445 g/mol. The van der Waals surface area contributed by atoms with Gasteiger partial charge in [-0.25, -0.2) is 0 Å². The van der Waals surface area contributed by atoms with Crippen molar-refractivity contribution in [3.8, 4) is 0 Å².